The zero-order chi connectivity index (χ0) is 15.1. The topological polar surface area (TPSA) is 102 Å². The number of nitro groups is 1. The summed E-state index contributed by atoms with van der Waals surface area (Å²) in [5.41, 5.74) is -0.142. The van der Waals surface area contributed by atoms with Gasteiger partial charge < -0.3 is 15.4 Å². The Bertz CT molecular complexity index is 453. The first kappa shape index (κ1) is 16.1. The van der Waals surface area contributed by atoms with Crippen molar-refractivity contribution in [3.8, 4) is 0 Å². The van der Waals surface area contributed by atoms with Crippen molar-refractivity contribution in [2.24, 2.45) is 5.92 Å². The molecule has 1 heterocycles. The van der Waals surface area contributed by atoms with E-state index in [-0.39, 0.29) is 29.3 Å². The lowest BCUT2D eigenvalue weighted by Crippen LogP contribution is -2.31. The van der Waals surface area contributed by atoms with Crippen LogP contribution in [0.15, 0.2) is 6.33 Å². The summed E-state index contributed by atoms with van der Waals surface area (Å²) in [6.45, 7) is 6.85. The molecule has 0 radical (unpaired) electrons. The Morgan fingerprint density at radius 1 is 1.40 bits per heavy atom. The lowest BCUT2D eigenvalue weighted by molar-refractivity contribution is -0.383. The Morgan fingerprint density at radius 2 is 2.05 bits per heavy atom. The number of rotatable bonds is 8. The van der Waals surface area contributed by atoms with E-state index in [1.165, 1.54) is 6.33 Å². The zero-order valence-corrected chi connectivity index (χ0v) is 12.2. The number of methoxy groups -OCH3 is 1. The van der Waals surface area contributed by atoms with Crippen molar-refractivity contribution >= 4 is 17.3 Å². The molecule has 0 spiro atoms. The third-order valence-corrected chi connectivity index (χ3v) is 2.82. The monoisotopic (exact) mass is 283 g/mol. The van der Waals surface area contributed by atoms with Crippen LogP contribution >= 0.6 is 0 Å². The molecule has 112 valence electrons. The SMILES string of the molecule is CCNc1ncnc(NC(COC)C(C)C)c1[N+](=O)[O-]. The van der Waals surface area contributed by atoms with Crippen molar-refractivity contribution in [3.05, 3.63) is 16.4 Å². The van der Waals surface area contributed by atoms with Gasteiger partial charge >= 0.3 is 5.69 Å². The summed E-state index contributed by atoms with van der Waals surface area (Å²) in [4.78, 5) is 18.7. The van der Waals surface area contributed by atoms with E-state index in [1.807, 2.05) is 20.8 Å². The van der Waals surface area contributed by atoms with Crippen molar-refractivity contribution in [1.29, 1.82) is 0 Å². The van der Waals surface area contributed by atoms with Crippen molar-refractivity contribution in [2.45, 2.75) is 26.8 Å². The third kappa shape index (κ3) is 4.02. The summed E-state index contributed by atoms with van der Waals surface area (Å²) in [6, 6.07) is -0.0666. The molecular weight excluding hydrogens is 262 g/mol. The highest BCUT2D eigenvalue weighted by Crippen LogP contribution is 2.29. The molecule has 0 aliphatic rings. The third-order valence-electron chi connectivity index (χ3n) is 2.82. The van der Waals surface area contributed by atoms with Gasteiger partial charge in [-0.1, -0.05) is 13.8 Å². The van der Waals surface area contributed by atoms with Crippen LogP contribution in [0, 0.1) is 16.0 Å². The van der Waals surface area contributed by atoms with Crippen LogP contribution in [0.2, 0.25) is 0 Å². The Labute approximate surface area is 118 Å². The number of hydrogen-bond acceptors (Lipinski definition) is 7. The van der Waals surface area contributed by atoms with Crippen molar-refractivity contribution in [1.82, 2.24) is 9.97 Å². The Hall–Kier alpha value is -1.96. The molecule has 0 fully saturated rings. The van der Waals surface area contributed by atoms with Gasteiger partial charge in [0.05, 0.1) is 17.6 Å². The maximum absolute atomic E-state index is 11.2. The highest BCUT2D eigenvalue weighted by molar-refractivity contribution is 5.69. The summed E-state index contributed by atoms with van der Waals surface area (Å²) >= 11 is 0. The average Bonchev–Trinajstić information content (AvgIpc) is 2.38. The molecule has 0 bridgehead atoms. The van der Waals surface area contributed by atoms with E-state index in [1.54, 1.807) is 7.11 Å². The average molecular weight is 283 g/mol. The molecule has 1 atom stereocenters. The van der Waals surface area contributed by atoms with Gasteiger partial charge in [0, 0.05) is 13.7 Å². The second kappa shape index (κ2) is 7.59. The van der Waals surface area contributed by atoms with Crippen LogP contribution in [-0.4, -0.2) is 41.2 Å². The van der Waals surface area contributed by atoms with Crippen LogP contribution in [0.5, 0.6) is 0 Å². The summed E-state index contributed by atoms with van der Waals surface area (Å²) < 4.78 is 5.12. The fraction of sp³-hybridized carbons (Fsp3) is 0.667. The first-order chi connectivity index (χ1) is 9.51. The fourth-order valence-corrected chi connectivity index (χ4v) is 1.71. The van der Waals surface area contributed by atoms with Gasteiger partial charge in [0.1, 0.15) is 6.33 Å². The molecule has 1 aromatic rings. The maximum atomic E-state index is 11.2. The fourth-order valence-electron chi connectivity index (χ4n) is 1.71. The molecule has 20 heavy (non-hydrogen) atoms. The number of hydrogen-bond donors (Lipinski definition) is 2. The maximum Gasteiger partial charge on any atom is 0.353 e. The van der Waals surface area contributed by atoms with Crippen LogP contribution in [0.3, 0.4) is 0 Å². The van der Waals surface area contributed by atoms with Gasteiger partial charge in [-0.2, -0.15) is 0 Å². The van der Waals surface area contributed by atoms with E-state index in [4.69, 9.17) is 4.74 Å². The summed E-state index contributed by atoms with van der Waals surface area (Å²) in [5, 5.41) is 17.2. The highest BCUT2D eigenvalue weighted by Gasteiger charge is 2.25. The number of ether oxygens (including phenoxy) is 1. The Balaban J connectivity index is 3.09. The molecule has 8 nitrogen and oxygen atoms in total. The van der Waals surface area contributed by atoms with Crippen molar-refractivity contribution in [2.75, 3.05) is 30.9 Å². The highest BCUT2D eigenvalue weighted by atomic mass is 16.6. The summed E-state index contributed by atoms with van der Waals surface area (Å²) in [5.74, 6) is 0.665. The van der Waals surface area contributed by atoms with E-state index < -0.39 is 4.92 Å². The number of nitrogens with zero attached hydrogens (tertiary/aromatic N) is 3. The minimum absolute atomic E-state index is 0.0666. The Kier molecular flexibility index (Phi) is 6.10. The molecule has 1 aromatic heterocycles. The smallest absolute Gasteiger partial charge is 0.353 e. The van der Waals surface area contributed by atoms with Crippen molar-refractivity contribution < 1.29 is 9.66 Å². The van der Waals surface area contributed by atoms with E-state index >= 15 is 0 Å². The molecule has 8 heteroatoms. The Morgan fingerprint density at radius 3 is 2.55 bits per heavy atom. The first-order valence-corrected chi connectivity index (χ1v) is 6.49. The van der Waals surface area contributed by atoms with Crippen LogP contribution in [0.1, 0.15) is 20.8 Å². The predicted molar refractivity (Wildman–Crippen MR) is 77.0 cm³/mol. The standard InChI is InChI=1S/C12H21N5O3/c1-5-13-11-10(17(18)19)12(15-7-14-11)16-9(6-20-4)8(2)3/h7-9H,5-6H2,1-4H3,(H2,13,14,15,16). The number of anilines is 2. The normalized spacial score (nSPS) is 12.2. The van der Waals surface area contributed by atoms with Crippen LogP contribution in [0.25, 0.3) is 0 Å². The van der Waals surface area contributed by atoms with E-state index in [2.05, 4.69) is 20.6 Å². The predicted octanol–water partition coefficient (Wildman–Crippen LogP) is 1.90. The van der Waals surface area contributed by atoms with Gasteiger partial charge in [0.25, 0.3) is 0 Å². The van der Waals surface area contributed by atoms with Crippen LogP contribution in [0.4, 0.5) is 17.3 Å². The van der Waals surface area contributed by atoms with Gasteiger partial charge in [-0.15, -0.1) is 0 Å². The van der Waals surface area contributed by atoms with Gasteiger partial charge in [0.2, 0.25) is 11.6 Å². The second-order valence-electron chi connectivity index (χ2n) is 4.66. The largest absolute Gasteiger partial charge is 0.383 e. The molecular formula is C12H21N5O3. The summed E-state index contributed by atoms with van der Waals surface area (Å²) in [6.07, 6.45) is 1.30. The van der Waals surface area contributed by atoms with Gasteiger partial charge in [-0.05, 0) is 12.8 Å². The minimum atomic E-state index is -0.482. The lowest BCUT2D eigenvalue weighted by atomic mass is 10.1. The molecule has 0 saturated heterocycles. The van der Waals surface area contributed by atoms with Crippen molar-refractivity contribution in [3.63, 3.8) is 0 Å². The molecule has 1 rings (SSSR count). The molecule has 0 saturated carbocycles. The molecule has 0 aliphatic carbocycles. The van der Waals surface area contributed by atoms with Crippen LogP contribution < -0.4 is 10.6 Å². The summed E-state index contributed by atoms with van der Waals surface area (Å²) in [7, 11) is 1.59. The van der Waals surface area contributed by atoms with E-state index in [0.29, 0.717) is 13.2 Å². The van der Waals surface area contributed by atoms with Gasteiger partial charge in [0.15, 0.2) is 0 Å². The van der Waals surface area contributed by atoms with E-state index in [9.17, 15) is 10.1 Å². The molecule has 2 N–H and O–H groups in total. The molecule has 0 aromatic carbocycles. The minimum Gasteiger partial charge on any atom is -0.383 e. The molecule has 0 amide bonds. The molecule has 1 unspecified atom stereocenters. The second-order valence-corrected chi connectivity index (χ2v) is 4.66. The molecule has 0 aliphatic heterocycles. The zero-order valence-electron chi connectivity index (χ0n) is 12.2. The number of aromatic nitrogens is 2. The quantitative estimate of drug-likeness (QED) is 0.554. The number of nitrogens with one attached hydrogen (secondary N) is 2. The lowest BCUT2D eigenvalue weighted by Gasteiger charge is -2.22. The van der Waals surface area contributed by atoms with Gasteiger partial charge in [-0.3, -0.25) is 10.1 Å². The van der Waals surface area contributed by atoms with Gasteiger partial charge in [-0.25, -0.2) is 9.97 Å². The first-order valence-electron chi connectivity index (χ1n) is 6.49. The van der Waals surface area contributed by atoms with E-state index in [0.717, 1.165) is 0 Å². The van der Waals surface area contributed by atoms with Crippen LogP contribution in [-0.2, 0) is 4.74 Å².